The van der Waals surface area contributed by atoms with E-state index in [-0.39, 0.29) is 24.0 Å². The molecule has 0 amide bonds. The first-order valence-corrected chi connectivity index (χ1v) is 10.2. The van der Waals surface area contributed by atoms with Crippen molar-refractivity contribution < 1.29 is 0 Å². The van der Waals surface area contributed by atoms with Crippen LogP contribution < -0.4 is 15.5 Å². The summed E-state index contributed by atoms with van der Waals surface area (Å²) in [6, 6.07) is 8.57. The summed E-state index contributed by atoms with van der Waals surface area (Å²) in [5.74, 6) is 1.47. The Balaban J connectivity index is 0.00000280. The molecular weight excluding hydrogens is 531 g/mol. The van der Waals surface area contributed by atoms with Crippen LogP contribution in [0.25, 0.3) is 0 Å². The quantitative estimate of drug-likeness (QED) is 0.333. The number of aryl methyl sites for hydroxylation is 2. The number of anilines is 1. The molecule has 1 fully saturated rings. The average Bonchev–Trinajstić information content (AvgIpc) is 3.22. The van der Waals surface area contributed by atoms with Crippen LogP contribution in [0.5, 0.6) is 0 Å². The molecular formula is C20H30BrIN6. The van der Waals surface area contributed by atoms with Crippen LogP contribution in [0.15, 0.2) is 33.7 Å². The molecule has 0 saturated carbocycles. The first kappa shape index (κ1) is 23.0. The highest BCUT2D eigenvalue weighted by Crippen LogP contribution is 2.25. The number of aromatic nitrogens is 2. The van der Waals surface area contributed by atoms with E-state index in [0.717, 1.165) is 42.3 Å². The van der Waals surface area contributed by atoms with Gasteiger partial charge in [-0.05, 0) is 50.5 Å². The smallest absolute Gasteiger partial charge is 0.191 e. The number of halogens is 2. The topological polar surface area (TPSA) is 57.5 Å². The molecule has 0 aliphatic carbocycles. The maximum Gasteiger partial charge on any atom is 0.191 e. The van der Waals surface area contributed by atoms with E-state index in [4.69, 9.17) is 0 Å². The van der Waals surface area contributed by atoms with Gasteiger partial charge in [0, 0.05) is 61.7 Å². The third-order valence-corrected chi connectivity index (χ3v) is 5.88. The fraction of sp³-hybridized carbons (Fsp3) is 0.500. The predicted octanol–water partition coefficient (Wildman–Crippen LogP) is 3.61. The number of guanidine groups is 1. The van der Waals surface area contributed by atoms with Crippen molar-refractivity contribution in [1.29, 1.82) is 0 Å². The van der Waals surface area contributed by atoms with E-state index in [1.807, 2.05) is 18.8 Å². The summed E-state index contributed by atoms with van der Waals surface area (Å²) in [6.45, 7) is 8.00. The van der Waals surface area contributed by atoms with Crippen molar-refractivity contribution in [1.82, 2.24) is 20.4 Å². The van der Waals surface area contributed by atoms with Gasteiger partial charge in [-0.2, -0.15) is 5.10 Å². The zero-order valence-electron chi connectivity index (χ0n) is 17.0. The molecule has 0 radical (unpaired) electrons. The van der Waals surface area contributed by atoms with E-state index in [1.54, 1.807) is 0 Å². The first-order valence-electron chi connectivity index (χ1n) is 9.42. The zero-order chi connectivity index (χ0) is 19.4. The minimum absolute atomic E-state index is 0. The molecule has 2 N–H and O–H groups in total. The number of hydrogen-bond acceptors (Lipinski definition) is 3. The third-order valence-electron chi connectivity index (χ3n) is 5.35. The second-order valence-electron chi connectivity index (χ2n) is 7.16. The Morgan fingerprint density at radius 2 is 1.96 bits per heavy atom. The minimum atomic E-state index is 0. The Morgan fingerprint density at radius 1 is 1.25 bits per heavy atom. The Bertz CT molecular complexity index is 802. The summed E-state index contributed by atoms with van der Waals surface area (Å²) < 4.78 is 3.05. The number of nitrogens with one attached hydrogen (secondary N) is 2. The summed E-state index contributed by atoms with van der Waals surface area (Å²) in [7, 11) is 3.80. The normalized spacial score (nSPS) is 16.8. The molecule has 154 valence electrons. The number of nitrogens with zero attached hydrogens (tertiary/aromatic N) is 4. The third kappa shape index (κ3) is 5.62. The molecule has 1 unspecified atom stereocenters. The minimum Gasteiger partial charge on any atom is -0.371 e. The van der Waals surface area contributed by atoms with Crippen LogP contribution in [-0.4, -0.2) is 42.4 Å². The molecule has 0 spiro atoms. The lowest BCUT2D eigenvalue weighted by atomic mass is 10.1. The highest BCUT2D eigenvalue weighted by Gasteiger charge is 2.22. The Morgan fingerprint density at radius 3 is 2.57 bits per heavy atom. The summed E-state index contributed by atoms with van der Waals surface area (Å²) >= 11 is 3.50. The fourth-order valence-corrected chi connectivity index (χ4v) is 3.86. The summed E-state index contributed by atoms with van der Waals surface area (Å²) in [4.78, 5) is 6.82. The van der Waals surface area contributed by atoms with Crippen LogP contribution in [0, 0.1) is 19.8 Å². The monoisotopic (exact) mass is 560 g/mol. The van der Waals surface area contributed by atoms with E-state index in [0.29, 0.717) is 5.92 Å². The summed E-state index contributed by atoms with van der Waals surface area (Å²) in [6.07, 6.45) is 1.20. The van der Waals surface area contributed by atoms with Gasteiger partial charge < -0.3 is 15.5 Å². The second-order valence-corrected chi connectivity index (χ2v) is 8.07. The van der Waals surface area contributed by atoms with Crippen molar-refractivity contribution >= 4 is 51.6 Å². The lowest BCUT2D eigenvalue weighted by Gasteiger charge is -2.19. The highest BCUT2D eigenvalue weighted by atomic mass is 127. The van der Waals surface area contributed by atoms with Crippen LogP contribution in [0.1, 0.15) is 23.4 Å². The molecule has 1 aromatic carbocycles. The van der Waals surface area contributed by atoms with Gasteiger partial charge in [-0.25, -0.2) is 0 Å². The fourth-order valence-electron chi connectivity index (χ4n) is 3.59. The van der Waals surface area contributed by atoms with Crippen molar-refractivity contribution in [2.24, 2.45) is 18.0 Å². The van der Waals surface area contributed by atoms with Gasteiger partial charge in [-0.15, -0.1) is 24.0 Å². The Hall–Kier alpha value is -1.29. The van der Waals surface area contributed by atoms with Gasteiger partial charge in [0.1, 0.15) is 0 Å². The van der Waals surface area contributed by atoms with Gasteiger partial charge in [0.15, 0.2) is 5.96 Å². The van der Waals surface area contributed by atoms with Crippen LogP contribution in [0.2, 0.25) is 0 Å². The van der Waals surface area contributed by atoms with E-state index >= 15 is 0 Å². The molecule has 0 bridgehead atoms. The maximum absolute atomic E-state index is 4.47. The van der Waals surface area contributed by atoms with Crippen molar-refractivity contribution in [2.45, 2.75) is 26.8 Å². The number of rotatable bonds is 5. The molecule has 1 atom stereocenters. The maximum atomic E-state index is 4.47. The SMILES string of the molecule is CN=C(NCc1c(C)nn(C)c1C)NCC1CCN(c2ccc(Br)cc2)C1.I. The zero-order valence-corrected chi connectivity index (χ0v) is 20.9. The first-order chi connectivity index (χ1) is 13.0. The molecule has 1 saturated heterocycles. The van der Waals surface area contributed by atoms with Crippen molar-refractivity contribution in [3.63, 3.8) is 0 Å². The van der Waals surface area contributed by atoms with Gasteiger partial charge in [0.05, 0.1) is 5.69 Å². The van der Waals surface area contributed by atoms with Gasteiger partial charge >= 0.3 is 0 Å². The molecule has 2 heterocycles. The molecule has 1 aliphatic heterocycles. The van der Waals surface area contributed by atoms with Crippen LogP contribution >= 0.6 is 39.9 Å². The van der Waals surface area contributed by atoms with Crippen LogP contribution in [0.3, 0.4) is 0 Å². The van der Waals surface area contributed by atoms with Gasteiger partial charge in [-0.3, -0.25) is 9.67 Å². The lowest BCUT2D eigenvalue weighted by Crippen LogP contribution is -2.40. The summed E-state index contributed by atoms with van der Waals surface area (Å²) in [5, 5.41) is 11.4. The van der Waals surface area contributed by atoms with E-state index in [1.165, 1.54) is 23.4 Å². The molecule has 8 heteroatoms. The summed E-state index contributed by atoms with van der Waals surface area (Å²) in [5.41, 5.74) is 4.80. The Kier molecular flexibility index (Phi) is 8.60. The average molecular weight is 561 g/mol. The molecule has 1 aliphatic rings. The largest absolute Gasteiger partial charge is 0.371 e. The van der Waals surface area contributed by atoms with Crippen molar-refractivity contribution in [3.05, 3.63) is 45.7 Å². The second kappa shape index (κ2) is 10.5. The van der Waals surface area contributed by atoms with E-state index in [9.17, 15) is 0 Å². The van der Waals surface area contributed by atoms with Crippen LogP contribution in [0.4, 0.5) is 5.69 Å². The molecule has 28 heavy (non-hydrogen) atoms. The lowest BCUT2D eigenvalue weighted by molar-refractivity contribution is 0.565. The number of aliphatic imine (C=N–C) groups is 1. The van der Waals surface area contributed by atoms with E-state index in [2.05, 4.69) is 79.7 Å². The highest BCUT2D eigenvalue weighted by molar-refractivity contribution is 14.0. The van der Waals surface area contributed by atoms with Gasteiger partial charge in [0.25, 0.3) is 0 Å². The number of benzene rings is 1. The van der Waals surface area contributed by atoms with Crippen LogP contribution in [-0.2, 0) is 13.6 Å². The van der Waals surface area contributed by atoms with Crippen molar-refractivity contribution in [3.8, 4) is 0 Å². The number of hydrogen-bond donors (Lipinski definition) is 2. The van der Waals surface area contributed by atoms with Gasteiger partial charge in [-0.1, -0.05) is 15.9 Å². The predicted molar refractivity (Wildman–Crippen MR) is 131 cm³/mol. The molecule has 3 rings (SSSR count). The van der Waals surface area contributed by atoms with Gasteiger partial charge in [0.2, 0.25) is 0 Å². The molecule has 6 nitrogen and oxygen atoms in total. The Labute approximate surface area is 193 Å². The van der Waals surface area contributed by atoms with E-state index < -0.39 is 0 Å². The standard InChI is InChI=1S/C20H29BrN6.HI/c1-14-19(15(2)26(4)25-14)12-24-20(22-3)23-11-16-9-10-27(13-16)18-7-5-17(21)6-8-18;/h5-8,16H,9-13H2,1-4H3,(H2,22,23,24);1H. The van der Waals surface area contributed by atoms with Crippen molar-refractivity contribution in [2.75, 3.05) is 31.6 Å². The molecule has 2 aromatic rings. The molecule has 1 aromatic heterocycles.